The molecule has 1 aliphatic carbocycles. The van der Waals surface area contributed by atoms with Crippen LogP contribution in [0.2, 0.25) is 10.0 Å². The van der Waals surface area contributed by atoms with Crippen molar-refractivity contribution in [1.82, 2.24) is 10.2 Å². The Balaban J connectivity index is 1.67. The molecular weight excluding hydrogens is 581 g/mol. The van der Waals surface area contributed by atoms with E-state index in [2.05, 4.69) is 5.32 Å². The molecule has 0 bridgehead atoms. The van der Waals surface area contributed by atoms with Gasteiger partial charge < -0.3 is 10.2 Å². The Hall–Kier alpha value is -3.07. The van der Waals surface area contributed by atoms with E-state index >= 15 is 0 Å². The molecule has 0 saturated heterocycles. The van der Waals surface area contributed by atoms with Crippen LogP contribution in [0, 0.1) is 6.92 Å². The lowest BCUT2D eigenvalue weighted by Crippen LogP contribution is -2.53. The zero-order chi connectivity index (χ0) is 29.6. The van der Waals surface area contributed by atoms with Crippen molar-refractivity contribution in [3.63, 3.8) is 0 Å². The zero-order valence-electron chi connectivity index (χ0n) is 23.2. The number of anilines is 1. The van der Waals surface area contributed by atoms with Crippen LogP contribution in [-0.4, -0.2) is 50.3 Å². The molecular formula is C31H35Cl2N3O4S. The largest absolute Gasteiger partial charge is 0.352 e. The van der Waals surface area contributed by atoms with Crippen LogP contribution in [-0.2, 0) is 26.0 Å². The quantitative estimate of drug-likeness (QED) is 0.286. The van der Waals surface area contributed by atoms with Crippen LogP contribution in [0.25, 0.3) is 0 Å². The van der Waals surface area contributed by atoms with Gasteiger partial charge in [0, 0.05) is 22.6 Å². The van der Waals surface area contributed by atoms with Gasteiger partial charge >= 0.3 is 0 Å². The van der Waals surface area contributed by atoms with Crippen LogP contribution < -0.4 is 9.62 Å². The number of carbonyl (C=O) groups is 2. The Bertz CT molecular complexity index is 1440. The van der Waals surface area contributed by atoms with E-state index in [1.807, 2.05) is 37.3 Å². The first kappa shape index (κ1) is 30.9. The zero-order valence-corrected chi connectivity index (χ0v) is 25.6. The summed E-state index contributed by atoms with van der Waals surface area (Å²) in [4.78, 5) is 28.8. The number of carbonyl (C=O) groups excluding carboxylic acids is 2. The summed E-state index contributed by atoms with van der Waals surface area (Å²) < 4.78 is 28.9. The summed E-state index contributed by atoms with van der Waals surface area (Å²) in [6.07, 6.45) is 4.44. The third kappa shape index (κ3) is 8.03. The van der Waals surface area contributed by atoms with Crippen LogP contribution in [0.1, 0.15) is 43.7 Å². The van der Waals surface area contributed by atoms with Gasteiger partial charge in [0.15, 0.2) is 0 Å². The molecule has 0 heterocycles. The van der Waals surface area contributed by atoms with Gasteiger partial charge in [0.05, 0.1) is 10.6 Å². The van der Waals surface area contributed by atoms with Crippen LogP contribution >= 0.6 is 23.2 Å². The van der Waals surface area contributed by atoms with E-state index in [4.69, 9.17) is 23.2 Å². The van der Waals surface area contributed by atoms with Crippen molar-refractivity contribution in [3.05, 3.63) is 94.0 Å². The fourth-order valence-electron chi connectivity index (χ4n) is 5.01. The molecule has 218 valence electrons. The minimum atomic E-state index is -4.20. The van der Waals surface area contributed by atoms with Crippen molar-refractivity contribution < 1.29 is 18.0 Å². The fourth-order valence-corrected chi connectivity index (χ4v) is 6.92. The van der Waals surface area contributed by atoms with Crippen molar-refractivity contribution >= 4 is 50.7 Å². The van der Waals surface area contributed by atoms with Crippen LogP contribution in [0.15, 0.2) is 77.7 Å². The van der Waals surface area contributed by atoms with Gasteiger partial charge in [-0.15, -0.1) is 0 Å². The lowest BCUT2D eigenvalue weighted by atomic mass is 10.1. The van der Waals surface area contributed by atoms with Gasteiger partial charge in [-0.25, -0.2) is 8.42 Å². The second-order valence-electron chi connectivity index (χ2n) is 10.4. The molecule has 4 rings (SSSR count). The van der Waals surface area contributed by atoms with Gasteiger partial charge in [-0.1, -0.05) is 84.1 Å². The van der Waals surface area contributed by atoms with Gasteiger partial charge in [-0.05, 0) is 69.0 Å². The highest BCUT2D eigenvalue weighted by Crippen LogP contribution is 2.30. The smallest absolute Gasteiger partial charge is 0.264 e. The van der Waals surface area contributed by atoms with Gasteiger partial charge in [-0.3, -0.25) is 13.9 Å². The van der Waals surface area contributed by atoms with Crippen LogP contribution in [0.4, 0.5) is 5.69 Å². The topological polar surface area (TPSA) is 86.8 Å². The first-order valence-corrected chi connectivity index (χ1v) is 15.9. The number of nitrogens with zero attached hydrogens (tertiary/aromatic N) is 2. The lowest BCUT2D eigenvalue weighted by molar-refractivity contribution is -0.139. The van der Waals surface area contributed by atoms with Crippen LogP contribution in [0.3, 0.4) is 0 Å². The predicted octanol–water partition coefficient (Wildman–Crippen LogP) is 6.02. The van der Waals surface area contributed by atoms with Gasteiger partial charge in [0.25, 0.3) is 10.0 Å². The third-order valence-electron chi connectivity index (χ3n) is 7.38. The van der Waals surface area contributed by atoms with Crippen molar-refractivity contribution in [2.45, 2.75) is 62.9 Å². The van der Waals surface area contributed by atoms with E-state index < -0.39 is 28.5 Å². The monoisotopic (exact) mass is 615 g/mol. The Morgan fingerprint density at radius 2 is 1.56 bits per heavy atom. The van der Waals surface area contributed by atoms with E-state index in [1.54, 1.807) is 19.1 Å². The Morgan fingerprint density at radius 1 is 0.951 bits per heavy atom. The molecule has 1 atom stereocenters. The third-order valence-corrected chi connectivity index (χ3v) is 9.60. The summed E-state index contributed by atoms with van der Waals surface area (Å²) in [6, 6.07) is 19.7. The summed E-state index contributed by atoms with van der Waals surface area (Å²) in [5, 5.41) is 3.54. The lowest BCUT2D eigenvalue weighted by Gasteiger charge is -2.32. The van der Waals surface area contributed by atoms with Crippen molar-refractivity contribution in [1.29, 1.82) is 0 Å². The number of benzene rings is 3. The normalized spacial score (nSPS) is 14.4. The summed E-state index contributed by atoms with van der Waals surface area (Å²) >= 11 is 12.5. The standard InChI is InChI=1S/C31H35Cl2N3O4S/c1-22-12-14-29(15-13-22)41(39,40)36(28-19-25(32)18-26(33)20-28)21-30(37)35(17-16-24-8-4-3-5-9-24)23(2)31(38)34-27-10-6-7-11-27/h3-5,8-9,12-15,18-20,23,27H,6-7,10-11,16-17,21H2,1-2H3,(H,34,38). The Morgan fingerprint density at radius 3 is 2.17 bits per heavy atom. The average molecular weight is 617 g/mol. The molecule has 1 fully saturated rings. The maximum absolute atomic E-state index is 14.0. The minimum Gasteiger partial charge on any atom is -0.352 e. The molecule has 3 aromatic rings. The highest BCUT2D eigenvalue weighted by molar-refractivity contribution is 7.92. The van der Waals surface area contributed by atoms with Gasteiger partial charge in [0.1, 0.15) is 12.6 Å². The molecule has 41 heavy (non-hydrogen) atoms. The van der Waals surface area contributed by atoms with E-state index in [0.717, 1.165) is 41.1 Å². The number of sulfonamides is 1. The molecule has 0 aliphatic heterocycles. The predicted molar refractivity (Wildman–Crippen MR) is 164 cm³/mol. The number of amides is 2. The van der Waals surface area contributed by atoms with E-state index in [1.165, 1.54) is 35.2 Å². The van der Waals surface area contributed by atoms with E-state index in [-0.39, 0.29) is 39.1 Å². The average Bonchev–Trinajstić information content (AvgIpc) is 3.45. The number of aryl methyl sites for hydroxylation is 1. The van der Waals surface area contributed by atoms with Crippen LogP contribution in [0.5, 0.6) is 0 Å². The number of rotatable bonds is 11. The molecule has 1 aliphatic rings. The van der Waals surface area contributed by atoms with Gasteiger partial charge in [0.2, 0.25) is 11.8 Å². The van der Waals surface area contributed by atoms with E-state index in [0.29, 0.717) is 6.42 Å². The molecule has 7 nitrogen and oxygen atoms in total. The highest BCUT2D eigenvalue weighted by Gasteiger charge is 2.33. The minimum absolute atomic E-state index is 0.0230. The second kappa shape index (κ2) is 13.7. The number of halogens is 2. The fraction of sp³-hybridized carbons (Fsp3) is 0.355. The number of hydrogen-bond acceptors (Lipinski definition) is 4. The van der Waals surface area contributed by atoms with E-state index in [9.17, 15) is 18.0 Å². The molecule has 1 saturated carbocycles. The summed E-state index contributed by atoms with van der Waals surface area (Å²) in [7, 11) is -4.20. The molecule has 1 unspecified atom stereocenters. The Kier molecular flexibility index (Phi) is 10.3. The highest BCUT2D eigenvalue weighted by atomic mass is 35.5. The maximum atomic E-state index is 14.0. The van der Waals surface area contributed by atoms with Crippen molar-refractivity contribution in [2.75, 3.05) is 17.4 Å². The second-order valence-corrected chi connectivity index (χ2v) is 13.2. The van der Waals surface area contributed by atoms with Crippen molar-refractivity contribution in [2.24, 2.45) is 0 Å². The first-order chi connectivity index (χ1) is 19.5. The molecule has 0 spiro atoms. The van der Waals surface area contributed by atoms with Gasteiger partial charge in [-0.2, -0.15) is 0 Å². The number of nitrogens with one attached hydrogen (secondary N) is 1. The van der Waals surface area contributed by atoms with Crippen molar-refractivity contribution in [3.8, 4) is 0 Å². The summed E-state index contributed by atoms with van der Waals surface area (Å²) in [6.45, 7) is 3.23. The molecule has 0 aromatic heterocycles. The molecule has 1 N–H and O–H groups in total. The summed E-state index contributed by atoms with van der Waals surface area (Å²) in [5.41, 5.74) is 2.05. The molecule has 3 aromatic carbocycles. The molecule has 2 amide bonds. The summed E-state index contributed by atoms with van der Waals surface area (Å²) in [5.74, 6) is -0.765. The first-order valence-electron chi connectivity index (χ1n) is 13.7. The Labute approximate surface area is 252 Å². The molecule has 0 radical (unpaired) electrons. The SMILES string of the molecule is Cc1ccc(S(=O)(=O)N(CC(=O)N(CCc2ccccc2)C(C)C(=O)NC2CCCC2)c2cc(Cl)cc(Cl)c2)cc1. The maximum Gasteiger partial charge on any atom is 0.264 e. The number of hydrogen-bond donors (Lipinski definition) is 1. The molecule has 10 heteroatoms.